The van der Waals surface area contributed by atoms with Crippen LogP contribution in [0, 0.1) is 0 Å². The molecule has 0 N–H and O–H groups in total. The SMILES string of the molecule is COC(=O)C1(N2CCCC2=O)CCN(C(=O)OC(C)(C)C)CC1. The molecule has 2 saturated heterocycles. The van der Waals surface area contributed by atoms with Gasteiger partial charge in [0, 0.05) is 26.1 Å². The summed E-state index contributed by atoms with van der Waals surface area (Å²) in [7, 11) is 1.34. The lowest BCUT2D eigenvalue weighted by atomic mass is 9.85. The molecule has 0 aromatic carbocycles. The van der Waals surface area contributed by atoms with Crippen LogP contribution in [0.4, 0.5) is 4.79 Å². The van der Waals surface area contributed by atoms with Crippen molar-refractivity contribution in [2.45, 2.75) is 57.6 Å². The molecule has 2 aliphatic heterocycles. The van der Waals surface area contributed by atoms with Gasteiger partial charge in [0.25, 0.3) is 0 Å². The molecule has 0 bridgehead atoms. The summed E-state index contributed by atoms with van der Waals surface area (Å²) in [4.78, 5) is 39.9. The Morgan fingerprint density at radius 1 is 1.13 bits per heavy atom. The van der Waals surface area contributed by atoms with Gasteiger partial charge in [-0.1, -0.05) is 0 Å². The monoisotopic (exact) mass is 326 g/mol. The standard InChI is InChI=1S/C16H26N2O5/c1-15(2,3)23-14(21)17-10-7-16(8-11-17,13(20)22-4)18-9-5-6-12(18)19/h5-11H2,1-4H3. The van der Waals surface area contributed by atoms with Crippen molar-refractivity contribution in [2.24, 2.45) is 0 Å². The van der Waals surface area contributed by atoms with E-state index < -0.39 is 17.1 Å². The number of hydrogen-bond acceptors (Lipinski definition) is 5. The first-order valence-corrected chi connectivity index (χ1v) is 8.06. The van der Waals surface area contributed by atoms with E-state index >= 15 is 0 Å². The summed E-state index contributed by atoms with van der Waals surface area (Å²) in [5, 5.41) is 0. The average Bonchev–Trinajstić information content (AvgIpc) is 2.91. The van der Waals surface area contributed by atoms with E-state index in [9.17, 15) is 14.4 Å². The molecular formula is C16H26N2O5. The summed E-state index contributed by atoms with van der Waals surface area (Å²) in [6.07, 6.45) is 1.60. The van der Waals surface area contributed by atoms with Gasteiger partial charge in [-0.3, -0.25) is 4.79 Å². The Hall–Kier alpha value is -1.79. The van der Waals surface area contributed by atoms with Gasteiger partial charge in [0.2, 0.25) is 5.91 Å². The summed E-state index contributed by atoms with van der Waals surface area (Å²) in [5.74, 6) is -0.405. The minimum atomic E-state index is -0.944. The Morgan fingerprint density at radius 2 is 1.74 bits per heavy atom. The molecular weight excluding hydrogens is 300 g/mol. The maximum absolute atomic E-state index is 12.4. The Bertz CT molecular complexity index is 489. The Labute approximate surface area is 136 Å². The number of likely N-dealkylation sites (tertiary alicyclic amines) is 2. The molecule has 0 spiro atoms. The highest BCUT2D eigenvalue weighted by atomic mass is 16.6. The van der Waals surface area contributed by atoms with Gasteiger partial charge in [-0.05, 0) is 40.0 Å². The lowest BCUT2D eigenvalue weighted by Gasteiger charge is -2.44. The third-order valence-corrected chi connectivity index (χ3v) is 4.40. The van der Waals surface area contributed by atoms with Crippen LogP contribution in [-0.2, 0) is 19.1 Å². The van der Waals surface area contributed by atoms with E-state index in [1.165, 1.54) is 7.11 Å². The molecule has 2 fully saturated rings. The average molecular weight is 326 g/mol. The van der Waals surface area contributed by atoms with E-state index in [4.69, 9.17) is 9.47 Å². The second kappa shape index (κ2) is 6.37. The highest BCUT2D eigenvalue weighted by Crippen LogP contribution is 2.34. The highest BCUT2D eigenvalue weighted by molar-refractivity contribution is 5.89. The molecule has 0 atom stereocenters. The molecule has 7 nitrogen and oxygen atoms in total. The fraction of sp³-hybridized carbons (Fsp3) is 0.812. The van der Waals surface area contributed by atoms with Gasteiger partial charge in [-0.25, -0.2) is 9.59 Å². The van der Waals surface area contributed by atoms with Crippen molar-refractivity contribution in [1.29, 1.82) is 0 Å². The summed E-state index contributed by atoms with van der Waals surface area (Å²) in [6.45, 7) is 6.76. The highest BCUT2D eigenvalue weighted by Gasteiger charge is 2.51. The molecule has 0 aromatic heterocycles. The minimum absolute atomic E-state index is 0.0129. The first-order valence-electron chi connectivity index (χ1n) is 8.06. The Morgan fingerprint density at radius 3 is 2.17 bits per heavy atom. The molecule has 2 rings (SSSR count). The molecule has 0 aromatic rings. The predicted octanol–water partition coefficient (Wildman–Crippen LogP) is 1.55. The van der Waals surface area contributed by atoms with E-state index in [2.05, 4.69) is 0 Å². The molecule has 0 aliphatic carbocycles. The van der Waals surface area contributed by atoms with Crippen LogP contribution in [0.15, 0.2) is 0 Å². The van der Waals surface area contributed by atoms with Crippen molar-refractivity contribution in [3.05, 3.63) is 0 Å². The number of rotatable bonds is 2. The van der Waals surface area contributed by atoms with Crippen molar-refractivity contribution in [1.82, 2.24) is 9.80 Å². The van der Waals surface area contributed by atoms with Gasteiger partial charge in [0.1, 0.15) is 11.1 Å². The van der Waals surface area contributed by atoms with Crippen LogP contribution in [0.1, 0.15) is 46.5 Å². The van der Waals surface area contributed by atoms with Gasteiger partial charge in [0.15, 0.2) is 0 Å². The van der Waals surface area contributed by atoms with E-state index in [-0.39, 0.29) is 12.0 Å². The number of ether oxygens (including phenoxy) is 2. The first kappa shape index (κ1) is 17.6. The van der Waals surface area contributed by atoms with Crippen LogP contribution in [0.2, 0.25) is 0 Å². The molecule has 130 valence electrons. The summed E-state index contributed by atoms with van der Waals surface area (Å²) >= 11 is 0. The van der Waals surface area contributed by atoms with Crippen LogP contribution in [0.5, 0.6) is 0 Å². The van der Waals surface area contributed by atoms with Gasteiger partial charge < -0.3 is 19.3 Å². The van der Waals surface area contributed by atoms with Gasteiger partial charge in [-0.15, -0.1) is 0 Å². The Kier molecular flexibility index (Phi) is 4.87. The van der Waals surface area contributed by atoms with Gasteiger partial charge in [0.05, 0.1) is 7.11 Å². The molecule has 2 heterocycles. The fourth-order valence-corrected chi connectivity index (χ4v) is 3.26. The number of methoxy groups -OCH3 is 1. The summed E-state index contributed by atoms with van der Waals surface area (Å²) in [5.41, 5.74) is -1.50. The second-order valence-corrected chi connectivity index (χ2v) is 7.14. The summed E-state index contributed by atoms with van der Waals surface area (Å²) in [6, 6.07) is 0. The largest absolute Gasteiger partial charge is 0.467 e. The third kappa shape index (κ3) is 3.59. The number of piperidine rings is 1. The Balaban J connectivity index is 2.10. The van der Waals surface area contributed by atoms with Crippen molar-refractivity contribution in [3.8, 4) is 0 Å². The van der Waals surface area contributed by atoms with Crippen molar-refractivity contribution < 1.29 is 23.9 Å². The zero-order valence-corrected chi connectivity index (χ0v) is 14.4. The van der Waals surface area contributed by atoms with E-state index in [1.807, 2.05) is 20.8 Å². The van der Waals surface area contributed by atoms with Gasteiger partial charge in [-0.2, -0.15) is 0 Å². The van der Waals surface area contributed by atoms with Crippen LogP contribution in [0.25, 0.3) is 0 Å². The molecule has 2 aliphatic rings. The predicted molar refractivity (Wildman–Crippen MR) is 82.7 cm³/mol. The summed E-state index contributed by atoms with van der Waals surface area (Å²) < 4.78 is 10.3. The van der Waals surface area contributed by atoms with Crippen molar-refractivity contribution >= 4 is 18.0 Å². The second-order valence-electron chi connectivity index (χ2n) is 7.14. The lowest BCUT2D eigenvalue weighted by Crippen LogP contribution is -2.61. The van der Waals surface area contributed by atoms with Crippen LogP contribution < -0.4 is 0 Å². The number of hydrogen-bond donors (Lipinski definition) is 0. The zero-order chi connectivity index (χ0) is 17.3. The first-order chi connectivity index (χ1) is 10.7. The quantitative estimate of drug-likeness (QED) is 0.720. The van der Waals surface area contributed by atoms with E-state index in [1.54, 1.807) is 9.80 Å². The molecule has 23 heavy (non-hydrogen) atoms. The van der Waals surface area contributed by atoms with Crippen LogP contribution in [0.3, 0.4) is 0 Å². The maximum Gasteiger partial charge on any atom is 0.410 e. The zero-order valence-electron chi connectivity index (χ0n) is 14.4. The van der Waals surface area contributed by atoms with Gasteiger partial charge >= 0.3 is 12.1 Å². The lowest BCUT2D eigenvalue weighted by molar-refractivity contribution is -0.163. The molecule has 0 saturated carbocycles. The van der Waals surface area contributed by atoms with Crippen molar-refractivity contribution in [3.63, 3.8) is 0 Å². The van der Waals surface area contributed by atoms with Crippen LogP contribution in [-0.4, -0.2) is 65.7 Å². The minimum Gasteiger partial charge on any atom is -0.467 e. The third-order valence-electron chi connectivity index (χ3n) is 4.40. The fourth-order valence-electron chi connectivity index (χ4n) is 3.26. The van der Waals surface area contributed by atoms with E-state index in [0.717, 1.165) is 6.42 Å². The smallest absolute Gasteiger partial charge is 0.410 e. The van der Waals surface area contributed by atoms with Crippen molar-refractivity contribution in [2.75, 3.05) is 26.7 Å². The molecule has 0 unspecified atom stereocenters. The molecule has 2 amide bonds. The van der Waals surface area contributed by atoms with E-state index in [0.29, 0.717) is 38.9 Å². The number of carbonyl (C=O) groups excluding carboxylic acids is 3. The number of nitrogens with zero attached hydrogens (tertiary/aromatic N) is 2. The number of carbonyl (C=O) groups is 3. The topological polar surface area (TPSA) is 76.2 Å². The molecule has 0 radical (unpaired) electrons. The van der Waals surface area contributed by atoms with Crippen LogP contribution >= 0.6 is 0 Å². The number of amides is 2. The number of esters is 1. The molecule has 7 heteroatoms. The normalized spacial score (nSPS) is 21.3. The maximum atomic E-state index is 12.4.